The second-order valence-electron chi connectivity index (χ2n) is 3.94. The molecule has 0 aliphatic rings. The van der Waals surface area contributed by atoms with E-state index in [2.05, 4.69) is 0 Å². The van der Waals surface area contributed by atoms with Crippen LogP contribution in [-0.4, -0.2) is 5.78 Å². The molecular weight excluding hydrogens is 212 g/mol. The molecule has 2 aromatic rings. The number of nitrogen functional groups attached to an aromatic ring is 2. The SMILES string of the molecule is Cc1c(N)cccc1C(=O)c1ccccc1N. The highest BCUT2D eigenvalue weighted by Crippen LogP contribution is 2.21. The fourth-order valence-electron chi connectivity index (χ4n) is 1.75. The molecule has 0 radical (unpaired) electrons. The highest BCUT2D eigenvalue weighted by Gasteiger charge is 2.14. The van der Waals surface area contributed by atoms with Crippen molar-refractivity contribution in [3.8, 4) is 0 Å². The zero-order valence-corrected chi connectivity index (χ0v) is 9.60. The second kappa shape index (κ2) is 4.29. The van der Waals surface area contributed by atoms with Gasteiger partial charge in [0.05, 0.1) is 0 Å². The number of nitrogens with two attached hydrogens (primary N) is 2. The summed E-state index contributed by atoms with van der Waals surface area (Å²) >= 11 is 0. The van der Waals surface area contributed by atoms with Crippen LogP contribution in [0.5, 0.6) is 0 Å². The van der Waals surface area contributed by atoms with Crippen LogP contribution in [0.15, 0.2) is 42.5 Å². The van der Waals surface area contributed by atoms with Gasteiger partial charge in [-0.25, -0.2) is 0 Å². The molecule has 0 saturated carbocycles. The Labute approximate surface area is 100 Å². The van der Waals surface area contributed by atoms with Gasteiger partial charge in [-0.3, -0.25) is 4.79 Å². The molecule has 2 rings (SSSR count). The Balaban J connectivity index is 2.52. The van der Waals surface area contributed by atoms with E-state index in [9.17, 15) is 4.79 Å². The van der Waals surface area contributed by atoms with E-state index >= 15 is 0 Å². The Bertz CT molecular complexity index is 576. The molecule has 4 N–H and O–H groups in total. The molecule has 0 amide bonds. The molecule has 0 aromatic heterocycles. The molecule has 0 unspecified atom stereocenters. The first-order chi connectivity index (χ1) is 8.11. The maximum Gasteiger partial charge on any atom is 0.195 e. The first-order valence-electron chi connectivity index (χ1n) is 5.35. The number of hydrogen-bond donors (Lipinski definition) is 2. The van der Waals surface area contributed by atoms with Gasteiger partial charge in [-0.2, -0.15) is 0 Å². The molecule has 17 heavy (non-hydrogen) atoms. The van der Waals surface area contributed by atoms with Crippen LogP contribution < -0.4 is 11.5 Å². The van der Waals surface area contributed by atoms with E-state index in [0.717, 1.165) is 5.56 Å². The lowest BCUT2D eigenvalue weighted by Gasteiger charge is -2.08. The topological polar surface area (TPSA) is 69.1 Å². The van der Waals surface area contributed by atoms with Gasteiger partial charge in [0, 0.05) is 22.5 Å². The summed E-state index contributed by atoms with van der Waals surface area (Å²) in [6.07, 6.45) is 0. The van der Waals surface area contributed by atoms with Crippen LogP contribution >= 0.6 is 0 Å². The van der Waals surface area contributed by atoms with E-state index in [0.29, 0.717) is 22.5 Å². The Morgan fingerprint density at radius 2 is 1.47 bits per heavy atom. The molecule has 0 aliphatic carbocycles. The number of carbonyl (C=O) groups is 1. The Hall–Kier alpha value is -2.29. The molecule has 3 heteroatoms. The fourth-order valence-corrected chi connectivity index (χ4v) is 1.75. The number of para-hydroxylation sites is 1. The van der Waals surface area contributed by atoms with Crippen molar-refractivity contribution in [2.24, 2.45) is 0 Å². The molecule has 2 aromatic carbocycles. The zero-order chi connectivity index (χ0) is 12.4. The molecule has 0 fully saturated rings. The van der Waals surface area contributed by atoms with Crippen LogP contribution in [0.1, 0.15) is 21.5 Å². The van der Waals surface area contributed by atoms with Gasteiger partial charge < -0.3 is 11.5 Å². The van der Waals surface area contributed by atoms with E-state index in [1.165, 1.54) is 0 Å². The van der Waals surface area contributed by atoms with Crippen molar-refractivity contribution in [1.82, 2.24) is 0 Å². The predicted octanol–water partition coefficient (Wildman–Crippen LogP) is 2.39. The molecule has 0 bridgehead atoms. The first kappa shape index (κ1) is 11.2. The summed E-state index contributed by atoms with van der Waals surface area (Å²) < 4.78 is 0. The molecule has 86 valence electrons. The van der Waals surface area contributed by atoms with Crippen molar-refractivity contribution in [3.05, 3.63) is 59.2 Å². The van der Waals surface area contributed by atoms with Crippen molar-refractivity contribution in [3.63, 3.8) is 0 Å². The summed E-state index contributed by atoms with van der Waals surface area (Å²) in [5, 5.41) is 0. The minimum atomic E-state index is -0.0899. The number of anilines is 2. The number of hydrogen-bond acceptors (Lipinski definition) is 3. The van der Waals surface area contributed by atoms with Gasteiger partial charge >= 0.3 is 0 Å². The third-order valence-electron chi connectivity index (χ3n) is 2.83. The maximum atomic E-state index is 12.3. The van der Waals surface area contributed by atoms with Crippen LogP contribution in [0.3, 0.4) is 0 Å². The van der Waals surface area contributed by atoms with Crippen molar-refractivity contribution in [2.45, 2.75) is 6.92 Å². The number of carbonyl (C=O) groups excluding carboxylic acids is 1. The molecule has 0 saturated heterocycles. The van der Waals surface area contributed by atoms with Crippen molar-refractivity contribution >= 4 is 17.2 Å². The summed E-state index contributed by atoms with van der Waals surface area (Å²) in [5.74, 6) is -0.0899. The van der Waals surface area contributed by atoms with E-state index in [1.54, 1.807) is 42.5 Å². The van der Waals surface area contributed by atoms with E-state index in [4.69, 9.17) is 11.5 Å². The van der Waals surface area contributed by atoms with Gasteiger partial charge in [0.1, 0.15) is 0 Å². The van der Waals surface area contributed by atoms with Gasteiger partial charge in [-0.1, -0.05) is 24.3 Å². The Morgan fingerprint density at radius 3 is 2.18 bits per heavy atom. The standard InChI is InChI=1S/C14H14N2O/c1-9-10(6-4-8-12(9)15)14(17)11-5-2-3-7-13(11)16/h2-8H,15-16H2,1H3. The third-order valence-corrected chi connectivity index (χ3v) is 2.83. The van der Waals surface area contributed by atoms with Crippen LogP contribution in [0.4, 0.5) is 11.4 Å². The van der Waals surface area contributed by atoms with Gasteiger partial charge in [-0.05, 0) is 30.7 Å². The third kappa shape index (κ3) is 1.99. The highest BCUT2D eigenvalue weighted by atomic mass is 16.1. The maximum absolute atomic E-state index is 12.3. The second-order valence-corrected chi connectivity index (χ2v) is 3.94. The van der Waals surface area contributed by atoms with Crippen molar-refractivity contribution in [1.29, 1.82) is 0 Å². The summed E-state index contributed by atoms with van der Waals surface area (Å²) in [5.41, 5.74) is 14.6. The molecular formula is C14H14N2O. The lowest BCUT2D eigenvalue weighted by atomic mass is 9.97. The van der Waals surface area contributed by atoms with Gasteiger partial charge in [0.25, 0.3) is 0 Å². The Kier molecular flexibility index (Phi) is 2.83. The smallest absolute Gasteiger partial charge is 0.195 e. The fraction of sp³-hybridized carbons (Fsp3) is 0.0714. The largest absolute Gasteiger partial charge is 0.398 e. The summed E-state index contributed by atoms with van der Waals surface area (Å²) in [4.78, 5) is 12.3. The summed E-state index contributed by atoms with van der Waals surface area (Å²) in [7, 11) is 0. The van der Waals surface area contributed by atoms with Gasteiger partial charge in [0.2, 0.25) is 0 Å². The van der Waals surface area contributed by atoms with Crippen LogP contribution in [0.2, 0.25) is 0 Å². The molecule has 0 aliphatic heterocycles. The molecule has 0 spiro atoms. The van der Waals surface area contributed by atoms with Gasteiger partial charge in [-0.15, -0.1) is 0 Å². The highest BCUT2D eigenvalue weighted by molar-refractivity contribution is 6.13. The monoisotopic (exact) mass is 226 g/mol. The summed E-state index contributed by atoms with van der Waals surface area (Å²) in [6, 6.07) is 12.4. The van der Waals surface area contributed by atoms with E-state index < -0.39 is 0 Å². The van der Waals surface area contributed by atoms with Crippen molar-refractivity contribution < 1.29 is 4.79 Å². The average Bonchev–Trinajstić information content (AvgIpc) is 2.32. The van der Waals surface area contributed by atoms with E-state index in [-0.39, 0.29) is 5.78 Å². The summed E-state index contributed by atoms with van der Waals surface area (Å²) in [6.45, 7) is 1.84. The molecule has 0 heterocycles. The minimum Gasteiger partial charge on any atom is -0.398 e. The molecule has 0 atom stereocenters. The van der Waals surface area contributed by atoms with Crippen LogP contribution in [-0.2, 0) is 0 Å². The number of benzene rings is 2. The first-order valence-corrected chi connectivity index (χ1v) is 5.35. The van der Waals surface area contributed by atoms with Crippen LogP contribution in [0.25, 0.3) is 0 Å². The lowest BCUT2D eigenvalue weighted by Crippen LogP contribution is -2.08. The quantitative estimate of drug-likeness (QED) is 0.610. The zero-order valence-electron chi connectivity index (χ0n) is 9.60. The Morgan fingerprint density at radius 1 is 0.882 bits per heavy atom. The molecule has 3 nitrogen and oxygen atoms in total. The van der Waals surface area contributed by atoms with Crippen molar-refractivity contribution in [2.75, 3.05) is 11.5 Å². The average molecular weight is 226 g/mol. The lowest BCUT2D eigenvalue weighted by molar-refractivity contribution is 0.103. The predicted molar refractivity (Wildman–Crippen MR) is 69.9 cm³/mol. The number of rotatable bonds is 2. The van der Waals surface area contributed by atoms with Crippen LogP contribution in [0, 0.1) is 6.92 Å². The number of ketones is 1. The minimum absolute atomic E-state index is 0.0899. The normalized spacial score (nSPS) is 10.2. The van der Waals surface area contributed by atoms with Gasteiger partial charge in [0.15, 0.2) is 5.78 Å². The van der Waals surface area contributed by atoms with E-state index in [1.807, 2.05) is 6.92 Å².